The van der Waals surface area contributed by atoms with Gasteiger partial charge in [0.1, 0.15) is 5.82 Å². The Balaban J connectivity index is 0.00000324. The van der Waals surface area contributed by atoms with E-state index in [1.165, 1.54) is 17.7 Å². The number of piperidine rings is 1. The Hall–Kier alpha value is -2.35. The van der Waals surface area contributed by atoms with E-state index >= 15 is 0 Å². The minimum Gasteiger partial charge on any atom is -0.493 e. The molecule has 0 radical (unpaired) electrons. The summed E-state index contributed by atoms with van der Waals surface area (Å²) in [5, 5.41) is 5.17. The predicted octanol–water partition coefficient (Wildman–Crippen LogP) is 5.62. The van der Waals surface area contributed by atoms with Crippen LogP contribution in [-0.4, -0.2) is 56.6 Å². The summed E-state index contributed by atoms with van der Waals surface area (Å²) in [6.45, 7) is 7.11. The Morgan fingerprint density at radius 1 is 1.09 bits per heavy atom. The number of fused-ring (bicyclic) bond motifs is 1. The summed E-state index contributed by atoms with van der Waals surface area (Å²) in [4.78, 5) is 2.47. The number of likely N-dealkylation sites (tertiary alicyclic amines) is 1. The lowest BCUT2D eigenvalue weighted by Crippen LogP contribution is -2.34. The van der Waals surface area contributed by atoms with Crippen LogP contribution in [0.4, 0.5) is 4.39 Å². The molecule has 4 rings (SSSR count). The van der Waals surface area contributed by atoms with Crippen LogP contribution in [0.1, 0.15) is 43.4 Å². The normalized spacial score (nSPS) is 14.8. The summed E-state index contributed by atoms with van der Waals surface area (Å²) in [6.07, 6.45) is 3.86. The van der Waals surface area contributed by atoms with Crippen molar-refractivity contribution < 1.29 is 23.1 Å². The fraction of sp³-hybridized carbons (Fsp3) is 0.500. The maximum Gasteiger partial charge on any atom is 0.170 e. The molecule has 1 saturated heterocycles. The van der Waals surface area contributed by atoms with Gasteiger partial charge in [-0.05, 0) is 75.5 Å². The van der Waals surface area contributed by atoms with Crippen LogP contribution in [0.25, 0.3) is 11.0 Å². The second kappa shape index (κ2) is 12.9. The lowest BCUT2D eigenvalue weighted by atomic mass is 9.91. The average Bonchev–Trinajstić information content (AvgIpc) is 3.26. The van der Waals surface area contributed by atoms with Crippen molar-refractivity contribution in [2.45, 2.75) is 38.5 Å². The predicted molar refractivity (Wildman–Crippen MR) is 133 cm³/mol. The van der Waals surface area contributed by atoms with Gasteiger partial charge >= 0.3 is 0 Å². The van der Waals surface area contributed by atoms with Gasteiger partial charge in [0, 0.05) is 30.5 Å². The number of aromatic nitrogens is 1. The highest BCUT2D eigenvalue weighted by atomic mass is 35.5. The number of hydrogen-bond donors (Lipinski definition) is 0. The molecular formula is C26H34ClFN2O4. The Morgan fingerprint density at radius 3 is 2.68 bits per heavy atom. The van der Waals surface area contributed by atoms with Crippen molar-refractivity contribution in [2.75, 3.05) is 46.6 Å². The zero-order valence-electron chi connectivity index (χ0n) is 19.9. The van der Waals surface area contributed by atoms with Crippen molar-refractivity contribution in [1.29, 1.82) is 0 Å². The van der Waals surface area contributed by atoms with Crippen LogP contribution >= 0.6 is 12.4 Å². The van der Waals surface area contributed by atoms with E-state index in [4.69, 9.17) is 18.7 Å². The number of halogens is 2. The van der Waals surface area contributed by atoms with Gasteiger partial charge in [0.15, 0.2) is 17.1 Å². The SMILES string of the molecule is CCOCCc1ccc(OCCCN2CCC(c3noc4cc(F)ccc34)CC2)c(OC)c1.Cl. The van der Waals surface area contributed by atoms with Gasteiger partial charge in [-0.15, -0.1) is 12.4 Å². The summed E-state index contributed by atoms with van der Waals surface area (Å²) < 4.78 is 35.7. The molecule has 2 heterocycles. The molecule has 1 aliphatic heterocycles. The van der Waals surface area contributed by atoms with Gasteiger partial charge in [-0.1, -0.05) is 11.2 Å². The van der Waals surface area contributed by atoms with Crippen LogP contribution in [0, 0.1) is 5.82 Å². The van der Waals surface area contributed by atoms with Gasteiger partial charge in [-0.2, -0.15) is 0 Å². The van der Waals surface area contributed by atoms with Gasteiger partial charge < -0.3 is 23.6 Å². The van der Waals surface area contributed by atoms with Crippen LogP contribution in [0.15, 0.2) is 40.9 Å². The highest BCUT2D eigenvalue weighted by Crippen LogP contribution is 2.33. The Labute approximate surface area is 206 Å². The van der Waals surface area contributed by atoms with Gasteiger partial charge in [-0.3, -0.25) is 0 Å². The van der Waals surface area contributed by atoms with Gasteiger partial charge in [0.05, 0.1) is 26.0 Å². The number of nitrogens with zero attached hydrogens (tertiary/aromatic N) is 2. The average molecular weight is 493 g/mol. The third kappa shape index (κ3) is 6.62. The molecule has 0 spiro atoms. The third-order valence-corrected chi connectivity index (χ3v) is 6.28. The van der Waals surface area contributed by atoms with Gasteiger partial charge in [0.2, 0.25) is 0 Å². The summed E-state index contributed by atoms with van der Waals surface area (Å²) >= 11 is 0. The Morgan fingerprint density at radius 2 is 1.91 bits per heavy atom. The molecule has 0 amide bonds. The highest BCUT2D eigenvalue weighted by molar-refractivity contribution is 5.85. The number of methoxy groups -OCH3 is 1. The summed E-state index contributed by atoms with van der Waals surface area (Å²) in [5.41, 5.74) is 2.67. The van der Waals surface area contributed by atoms with Crippen molar-refractivity contribution in [3.8, 4) is 11.5 Å². The van der Waals surface area contributed by atoms with Crippen LogP contribution in [0.5, 0.6) is 11.5 Å². The topological polar surface area (TPSA) is 57.0 Å². The molecule has 1 aliphatic rings. The fourth-order valence-electron chi connectivity index (χ4n) is 4.45. The molecule has 0 bridgehead atoms. The number of ether oxygens (including phenoxy) is 3. The number of benzene rings is 2. The van der Waals surface area contributed by atoms with Crippen LogP contribution < -0.4 is 9.47 Å². The van der Waals surface area contributed by atoms with Crippen molar-refractivity contribution in [2.24, 2.45) is 0 Å². The van der Waals surface area contributed by atoms with Crippen molar-refractivity contribution in [1.82, 2.24) is 10.1 Å². The lowest BCUT2D eigenvalue weighted by Gasteiger charge is -2.31. The minimum atomic E-state index is -0.294. The van der Waals surface area contributed by atoms with E-state index < -0.39 is 0 Å². The Kier molecular flexibility index (Phi) is 9.99. The molecule has 8 heteroatoms. The third-order valence-electron chi connectivity index (χ3n) is 6.28. The molecule has 0 unspecified atom stereocenters. The summed E-state index contributed by atoms with van der Waals surface area (Å²) in [7, 11) is 1.67. The molecule has 6 nitrogen and oxygen atoms in total. The monoisotopic (exact) mass is 492 g/mol. The Bertz CT molecular complexity index is 1040. The van der Waals surface area contributed by atoms with Crippen LogP contribution in [-0.2, 0) is 11.2 Å². The highest BCUT2D eigenvalue weighted by Gasteiger charge is 2.25. The van der Waals surface area contributed by atoms with E-state index in [0.29, 0.717) is 24.7 Å². The molecule has 186 valence electrons. The number of rotatable bonds is 11. The van der Waals surface area contributed by atoms with E-state index in [-0.39, 0.29) is 18.2 Å². The van der Waals surface area contributed by atoms with Crippen LogP contribution in [0.3, 0.4) is 0 Å². The zero-order chi connectivity index (χ0) is 23.0. The first-order valence-corrected chi connectivity index (χ1v) is 11.8. The summed E-state index contributed by atoms with van der Waals surface area (Å²) in [5.74, 6) is 1.61. The quantitative estimate of drug-likeness (QED) is 0.323. The molecular weight excluding hydrogens is 459 g/mol. The first kappa shape index (κ1) is 26.3. The van der Waals surface area contributed by atoms with Gasteiger partial charge in [-0.25, -0.2) is 4.39 Å². The van der Waals surface area contributed by atoms with Gasteiger partial charge in [0.25, 0.3) is 0 Å². The maximum absolute atomic E-state index is 13.4. The number of hydrogen-bond acceptors (Lipinski definition) is 6. The molecule has 1 fully saturated rings. The fourth-order valence-corrected chi connectivity index (χ4v) is 4.45. The largest absolute Gasteiger partial charge is 0.493 e. The smallest absolute Gasteiger partial charge is 0.170 e. The molecule has 0 saturated carbocycles. The van der Waals surface area contributed by atoms with E-state index in [1.807, 2.05) is 19.1 Å². The van der Waals surface area contributed by atoms with Crippen molar-refractivity contribution in [3.63, 3.8) is 0 Å². The first-order valence-electron chi connectivity index (χ1n) is 11.8. The molecule has 34 heavy (non-hydrogen) atoms. The minimum absolute atomic E-state index is 0. The second-order valence-corrected chi connectivity index (χ2v) is 8.46. The second-order valence-electron chi connectivity index (χ2n) is 8.46. The van der Waals surface area contributed by atoms with E-state index in [0.717, 1.165) is 74.5 Å². The molecule has 0 N–H and O–H groups in total. The standard InChI is InChI=1S/C26H33FN2O4.ClH/c1-3-31-16-11-19-5-8-23(25(17-19)30-2)32-15-4-12-29-13-9-20(10-14-29)26-22-7-6-21(27)18-24(22)33-28-26;/h5-8,17-18,20H,3-4,9-16H2,1-2H3;1H. The van der Waals surface area contributed by atoms with Crippen molar-refractivity contribution in [3.05, 3.63) is 53.5 Å². The molecule has 1 aromatic heterocycles. The maximum atomic E-state index is 13.4. The zero-order valence-corrected chi connectivity index (χ0v) is 20.7. The van der Waals surface area contributed by atoms with E-state index in [2.05, 4.69) is 16.1 Å². The molecule has 3 aromatic rings. The van der Waals surface area contributed by atoms with Crippen LogP contribution in [0.2, 0.25) is 0 Å². The van der Waals surface area contributed by atoms with E-state index in [9.17, 15) is 4.39 Å². The molecule has 0 aliphatic carbocycles. The lowest BCUT2D eigenvalue weighted by molar-refractivity contribution is 0.151. The van der Waals surface area contributed by atoms with Crippen molar-refractivity contribution >= 4 is 23.4 Å². The summed E-state index contributed by atoms with van der Waals surface area (Å²) in [6, 6.07) is 10.7. The van der Waals surface area contributed by atoms with E-state index in [1.54, 1.807) is 13.2 Å². The first-order chi connectivity index (χ1) is 16.2. The molecule has 0 atom stereocenters. The molecule has 2 aromatic carbocycles.